The average molecular weight is 430 g/mol. The Morgan fingerprint density at radius 2 is 1.68 bits per heavy atom. The van der Waals surface area contributed by atoms with Crippen LogP contribution in [0.25, 0.3) is 17.2 Å². The Hall–Kier alpha value is -3.61. The van der Waals surface area contributed by atoms with E-state index in [4.69, 9.17) is 9.84 Å². The maximum absolute atomic E-state index is 13.8. The zero-order valence-corrected chi connectivity index (χ0v) is 16.2. The molecule has 3 aromatic carbocycles. The van der Waals surface area contributed by atoms with Crippen LogP contribution in [0.1, 0.15) is 16.7 Å². The molecule has 0 aliphatic heterocycles. The van der Waals surface area contributed by atoms with Crippen molar-refractivity contribution in [1.82, 2.24) is 0 Å². The van der Waals surface area contributed by atoms with Gasteiger partial charge in [-0.3, -0.25) is 4.79 Å². The van der Waals surface area contributed by atoms with Crippen molar-refractivity contribution in [2.75, 3.05) is 6.61 Å². The molecule has 0 bridgehead atoms. The molecule has 0 unspecified atom stereocenters. The van der Waals surface area contributed by atoms with Crippen LogP contribution in [0.3, 0.4) is 0 Å². The third-order valence-corrected chi connectivity index (χ3v) is 4.45. The first-order valence-electron chi connectivity index (χ1n) is 9.29. The number of rotatable bonds is 7. The first-order valence-corrected chi connectivity index (χ1v) is 9.29. The Morgan fingerprint density at radius 1 is 0.968 bits per heavy atom. The van der Waals surface area contributed by atoms with E-state index in [1.165, 1.54) is 24.3 Å². The normalized spacial score (nSPS) is 11.6. The van der Waals surface area contributed by atoms with E-state index in [2.05, 4.69) is 0 Å². The molecule has 0 radical (unpaired) electrons. The lowest BCUT2D eigenvalue weighted by molar-refractivity contribution is -0.138. The van der Waals surface area contributed by atoms with Crippen LogP contribution < -0.4 is 4.74 Å². The molecule has 0 fully saturated rings. The maximum Gasteiger partial charge on any atom is 0.416 e. The molecule has 3 aromatic rings. The summed E-state index contributed by atoms with van der Waals surface area (Å²) >= 11 is 0. The average Bonchev–Trinajstić information content (AvgIpc) is 2.72. The number of ether oxygens (including phenoxy) is 1. The topological polar surface area (TPSA) is 46.5 Å². The van der Waals surface area contributed by atoms with Crippen molar-refractivity contribution in [2.24, 2.45) is 0 Å². The molecule has 0 spiro atoms. The molecule has 0 aromatic heterocycles. The van der Waals surface area contributed by atoms with Gasteiger partial charge in [-0.05, 0) is 64.7 Å². The lowest BCUT2D eigenvalue weighted by Crippen LogP contribution is -2.03. The Kier molecular flexibility index (Phi) is 6.74. The van der Waals surface area contributed by atoms with Crippen LogP contribution in [-0.2, 0) is 17.4 Å². The predicted octanol–water partition coefficient (Wildman–Crippen LogP) is 6.23. The van der Waals surface area contributed by atoms with Crippen molar-refractivity contribution in [3.63, 3.8) is 0 Å². The molecule has 3 nitrogen and oxygen atoms in total. The highest BCUT2D eigenvalue weighted by molar-refractivity contribution is 5.72. The van der Waals surface area contributed by atoms with Gasteiger partial charge in [0.05, 0.1) is 12.0 Å². The van der Waals surface area contributed by atoms with Gasteiger partial charge in [0.25, 0.3) is 0 Å². The van der Waals surface area contributed by atoms with E-state index >= 15 is 0 Å². The highest BCUT2D eigenvalue weighted by Gasteiger charge is 2.29. The van der Waals surface area contributed by atoms with Crippen molar-refractivity contribution >= 4 is 12.0 Å². The maximum atomic E-state index is 13.8. The molecule has 0 aliphatic rings. The third kappa shape index (κ3) is 6.18. The zero-order chi connectivity index (χ0) is 22.4. The second kappa shape index (κ2) is 9.47. The molecule has 0 aliphatic carbocycles. The number of benzene rings is 3. The minimum Gasteiger partial charge on any atom is -0.490 e. The highest BCUT2D eigenvalue weighted by Crippen LogP contribution is 2.29. The van der Waals surface area contributed by atoms with Gasteiger partial charge in [-0.15, -0.1) is 0 Å². The molecular weight excluding hydrogens is 412 g/mol. The standard InChI is InChI=1S/C24H18F4O3/c25-22-11-8-18(13-19(22)15-23(29)30)17-4-1-5-21(14-17)31-12-2-3-16-6-9-20(10-7-16)24(26,27)28/h1-11,13-14H,12,15H2,(H,29,30). The summed E-state index contributed by atoms with van der Waals surface area (Å²) in [5, 5.41) is 8.91. The van der Waals surface area contributed by atoms with Gasteiger partial charge in [-0.1, -0.05) is 36.4 Å². The summed E-state index contributed by atoms with van der Waals surface area (Å²) in [6, 6.07) is 16.1. The molecule has 0 saturated carbocycles. The van der Waals surface area contributed by atoms with E-state index in [1.54, 1.807) is 42.5 Å². The van der Waals surface area contributed by atoms with Gasteiger partial charge >= 0.3 is 12.1 Å². The molecule has 0 amide bonds. The number of aliphatic carboxylic acids is 1. The summed E-state index contributed by atoms with van der Waals surface area (Å²) in [6.07, 6.45) is -1.44. The van der Waals surface area contributed by atoms with Crippen LogP contribution in [0, 0.1) is 5.82 Å². The summed E-state index contributed by atoms with van der Waals surface area (Å²) in [7, 11) is 0. The molecule has 0 atom stereocenters. The van der Waals surface area contributed by atoms with Crippen LogP contribution in [0.4, 0.5) is 17.6 Å². The van der Waals surface area contributed by atoms with E-state index in [-0.39, 0.29) is 12.2 Å². The Morgan fingerprint density at radius 3 is 2.35 bits per heavy atom. The largest absolute Gasteiger partial charge is 0.490 e. The van der Waals surface area contributed by atoms with Crippen molar-refractivity contribution in [3.8, 4) is 16.9 Å². The number of hydrogen-bond donors (Lipinski definition) is 1. The Labute approximate surface area is 176 Å². The molecule has 1 N–H and O–H groups in total. The fourth-order valence-corrected chi connectivity index (χ4v) is 2.93. The van der Waals surface area contributed by atoms with Crippen LogP contribution in [0.5, 0.6) is 5.75 Å². The van der Waals surface area contributed by atoms with Gasteiger partial charge < -0.3 is 9.84 Å². The van der Waals surface area contributed by atoms with Gasteiger partial charge in [0.15, 0.2) is 0 Å². The molecule has 0 heterocycles. The minimum atomic E-state index is -4.37. The van der Waals surface area contributed by atoms with E-state index in [9.17, 15) is 22.4 Å². The summed E-state index contributed by atoms with van der Waals surface area (Å²) < 4.78 is 57.2. The molecule has 0 saturated heterocycles. The number of carboxylic acid groups (broad SMARTS) is 1. The number of carbonyl (C=O) groups is 1. The van der Waals surface area contributed by atoms with E-state index in [1.807, 2.05) is 0 Å². The number of alkyl halides is 3. The number of hydrogen-bond acceptors (Lipinski definition) is 2. The first-order chi connectivity index (χ1) is 14.7. The molecule has 3 rings (SSSR count). The van der Waals surface area contributed by atoms with Crippen molar-refractivity contribution in [3.05, 3.63) is 95.3 Å². The highest BCUT2D eigenvalue weighted by atomic mass is 19.4. The summed E-state index contributed by atoms with van der Waals surface area (Å²) in [6.45, 7) is 0.193. The number of carboxylic acids is 1. The van der Waals surface area contributed by atoms with Gasteiger partial charge in [0.1, 0.15) is 18.2 Å². The van der Waals surface area contributed by atoms with Crippen LogP contribution in [-0.4, -0.2) is 17.7 Å². The predicted molar refractivity (Wildman–Crippen MR) is 109 cm³/mol. The Balaban J connectivity index is 1.65. The Bertz CT molecular complexity index is 1090. The fourth-order valence-electron chi connectivity index (χ4n) is 2.93. The van der Waals surface area contributed by atoms with Gasteiger partial charge in [-0.25, -0.2) is 4.39 Å². The van der Waals surface area contributed by atoms with Gasteiger partial charge in [-0.2, -0.15) is 13.2 Å². The second-order valence-electron chi connectivity index (χ2n) is 6.74. The number of halogens is 4. The van der Waals surface area contributed by atoms with E-state index < -0.39 is 29.9 Å². The molecule has 7 heteroatoms. The summed E-state index contributed by atoms with van der Waals surface area (Å²) in [4.78, 5) is 10.9. The van der Waals surface area contributed by atoms with E-state index in [0.717, 1.165) is 17.7 Å². The molecule has 31 heavy (non-hydrogen) atoms. The minimum absolute atomic E-state index is 0.0933. The second-order valence-corrected chi connectivity index (χ2v) is 6.74. The van der Waals surface area contributed by atoms with Crippen LogP contribution in [0.15, 0.2) is 72.8 Å². The SMILES string of the molecule is O=C(O)Cc1cc(-c2cccc(OCC=Cc3ccc(C(F)(F)F)cc3)c2)ccc1F. The van der Waals surface area contributed by atoms with Crippen LogP contribution >= 0.6 is 0 Å². The summed E-state index contributed by atoms with van der Waals surface area (Å²) in [5.74, 6) is -1.15. The van der Waals surface area contributed by atoms with Crippen molar-refractivity contribution < 1.29 is 32.2 Å². The van der Waals surface area contributed by atoms with Gasteiger partial charge in [0.2, 0.25) is 0 Å². The quantitative estimate of drug-likeness (QED) is 0.452. The zero-order valence-electron chi connectivity index (χ0n) is 16.2. The summed E-state index contributed by atoms with van der Waals surface area (Å²) in [5.41, 5.74) is 1.39. The van der Waals surface area contributed by atoms with Crippen molar-refractivity contribution in [2.45, 2.75) is 12.6 Å². The third-order valence-electron chi connectivity index (χ3n) is 4.45. The lowest BCUT2D eigenvalue weighted by atomic mass is 10.0. The van der Waals surface area contributed by atoms with Crippen LogP contribution in [0.2, 0.25) is 0 Å². The monoisotopic (exact) mass is 430 g/mol. The lowest BCUT2D eigenvalue weighted by Gasteiger charge is -2.09. The molecular formula is C24H18F4O3. The fraction of sp³-hybridized carbons (Fsp3) is 0.125. The van der Waals surface area contributed by atoms with E-state index in [0.29, 0.717) is 16.9 Å². The van der Waals surface area contributed by atoms with Crippen molar-refractivity contribution in [1.29, 1.82) is 0 Å². The van der Waals surface area contributed by atoms with Gasteiger partial charge in [0, 0.05) is 0 Å². The first kappa shape index (κ1) is 22.1. The smallest absolute Gasteiger partial charge is 0.416 e. The molecule has 160 valence electrons.